The van der Waals surface area contributed by atoms with E-state index >= 15 is 0 Å². The first-order valence-electron chi connectivity index (χ1n) is 4.75. The summed E-state index contributed by atoms with van der Waals surface area (Å²) in [6.45, 7) is 0.906. The Labute approximate surface area is 101 Å². The van der Waals surface area contributed by atoms with Gasteiger partial charge in [-0.15, -0.1) is 11.6 Å². The highest BCUT2D eigenvalue weighted by Crippen LogP contribution is 2.18. The Bertz CT molecular complexity index is 377. The van der Waals surface area contributed by atoms with Crippen molar-refractivity contribution in [3.05, 3.63) is 34.3 Å². The summed E-state index contributed by atoms with van der Waals surface area (Å²) in [5, 5.41) is 3.74. The first-order valence-corrected chi connectivity index (χ1v) is 5.67. The highest BCUT2D eigenvalue weighted by Gasteiger charge is 1.98. The number of benzene rings is 1. The molecule has 0 bridgehead atoms. The molecule has 1 aromatic rings. The van der Waals surface area contributed by atoms with E-state index in [9.17, 15) is 0 Å². The number of rotatable bonds is 3. The fourth-order valence-corrected chi connectivity index (χ4v) is 1.58. The monoisotopic (exact) mass is 241 g/mol. The molecule has 1 aromatic carbocycles. The van der Waals surface area contributed by atoms with Crippen molar-refractivity contribution in [2.45, 2.75) is 12.3 Å². The van der Waals surface area contributed by atoms with Crippen LogP contribution in [0.4, 0.5) is 0 Å². The third-order valence-electron chi connectivity index (χ3n) is 1.92. The van der Waals surface area contributed by atoms with Crippen LogP contribution in [0.3, 0.4) is 0 Å². The molecule has 0 atom stereocenters. The number of hydrogen-bond donors (Lipinski definition) is 1. The van der Waals surface area contributed by atoms with E-state index in [0.717, 1.165) is 24.1 Å². The van der Waals surface area contributed by atoms with E-state index in [2.05, 4.69) is 17.2 Å². The van der Waals surface area contributed by atoms with E-state index in [4.69, 9.17) is 23.2 Å². The van der Waals surface area contributed by atoms with Crippen LogP contribution in [0.15, 0.2) is 18.2 Å². The van der Waals surface area contributed by atoms with Crippen molar-refractivity contribution in [2.75, 3.05) is 13.6 Å². The molecule has 3 heteroatoms. The predicted octanol–water partition coefficient (Wildman–Crippen LogP) is 3.04. The van der Waals surface area contributed by atoms with E-state index in [1.54, 1.807) is 0 Å². The fourth-order valence-electron chi connectivity index (χ4n) is 1.11. The van der Waals surface area contributed by atoms with Crippen LogP contribution in [-0.2, 0) is 5.88 Å². The molecule has 0 heterocycles. The SMILES string of the molecule is CNCCC#Cc1ccc(Cl)c(CCl)c1. The van der Waals surface area contributed by atoms with Crippen molar-refractivity contribution in [1.29, 1.82) is 0 Å². The third-order valence-corrected chi connectivity index (χ3v) is 2.58. The second kappa shape index (κ2) is 6.74. The van der Waals surface area contributed by atoms with E-state index in [0.29, 0.717) is 10.9 Å². The summed E-state index contributed by atoms with van der Waals surface area (Å²) < 4.78 is 0. The minimum atomic E-state index is 0.421. The summed E-state index contributed by atoms with van der Waals surface area (Å²) in [5.74, 6) is 6.57. The normalized spacial score (nSPS) is 9.53. The molecule has 0 aliphatic heterocycles. The summed E-state index contributed by atoms with van der Waals surface area (Å²) >= 11 is 11.7. The molecule has 80 valence electrons. The number of nitrogens with one attached hydrogen (secondary N) is 1. The van der Waals surface area contributed by atoms with Crippen LogP contribution < -0.4 is 5.32 Å². The molecule has 0 radical (unpaired) electrons. The van der Waals surface area contributed by atoms with E-state index in [1.165, 1.54) is 0 Å². The highest BCUT2D eigenvalue weighted by atomic mass is 35.5. The molecule has 0 aromatic heterocycles. The molecular weight excluding hydrogens is 229 g/mol. The zero-order chi connectivity index (χ0) is 11.1. The van der Waals surface area contributed by atoms with Crippen molar-refractivity contribution >= 4 is 23.2 Å². The molecular formula is C12H13Cl2N. The Morgan fingerprint density at radius 3 is 2.87 bits per heavy atom. The van der Waals surface area contributed by atoms with Gasteiger partial charge in [0, 0.05) is 29.4 Å². The Morgan fingerprint density at radius 2 is 2.20 bits per heavy atom. The van der Waals surface area contributed by atoms with Gasteiger partial charge in [0.25, 0.3) is 0 Å². The molecule has 15 heavy (non-hydrogen) atoms. The average molecular weight is 242 g/mol. The molecule has 0 spiro atoms. The van der Waals surface area contributed by atoms with E-state index < -0.39 is 0 Å². The minimum absolute atomic E-state index is 0.421. The summed E-state index contributed by atoms with van der Waals surface area (Å²) in [6.07, 6.45) is 0.843. The molecule has 1 nitrogen and oxygen atoms in total. The lowest BCUT2D eigenvalue weighted by molar-refractivity contribution is 0.818. The quantitative estimate of drug-likeness (QED) is 0.488. The molecule has 0 saturated heterocycles. The predicted molar refractivity (Wildman–Crippen MR) is 66.4 cm³/mol. The summed E-state index contributed by atoms with van der Waals surface area (Å²) in [7, 11) is 1.91. The third kappa shape index (κ3) is 4.13. The van der Waals surface area contributed by atoms with Crippen molar-refractivity contribution in [3.8, 4) is 11.8 Å². The maximum atomic E-state index is 5.94. The Morgan fingerprint density at radius 1 is 1.40 bits per heavy atom. The van der Waals surface area contributed by atoms with Crippen LogP contribution in [0.5, 0.6) is 0 Å². The maximum absolute atomic E-state index is 5.94. The van der Waals surface area contributed by atoms with Crippen LogP contribution in [0.2, 0.25) is 5.02 Å². The van der Waals surface area contributed by atoms with Gasteiger partial charge in [0.1, 0.15) is 0 Å². The molecule has 0 amide bonds. The molecule has 0 aliphatic carbocycles. The van der Waals surface area contributed by atoms with Gasteiger partial charge in [-0.3, -0.25) is 0 Å². The highest BCUT2D eigenvalue weighted by molar-refractivity contribution is 6.32. The van der Waals surface area contributed by atoms with Gasteiger partial charge in [-0.1, -0.05) is 23.4 Å². The Hall–Kier alpha value is -0.680. The first kappa shape index (κ1) is 12.4. The fraction of sp³-hybridized carbons (Fsp3) is 0.333. The minimum Gasteiger partial charge on any atom is -0.319 e. The summed E-state index contributed by atoms with van der Waals surface area (Å²) in [4.78, 5) is 0. The lowest BCUT2D eigenvalue weighted by Gasteiger charge is -1.99. The van der Waals surface area contributed by atoms with Crippen LogP contribution in [0.25, 0.3) is 0 Å². The Balaban J connectivity index is 2.72. The lowest BCUT2D eigenvalue weighted by atomic mass is 10.1. The van der Waals surface area contributed by atoms with Gasteiger partial charge in [-0.25, -0.2) is 0 Å². The van der Waals surface area contributed by atoms with Gasteiger partial charge in [-0.2, -0.15) is 0 Å². The van der Waals surface area contributed by atoms with Gasteiger partial charge < -0.3 is 5.32 Å². The van der Waals surface area contributed by atoms with Crippen molar-refractivity contribution in [2.24, 2.45) is 0 Å². The van der Waals surface area contributed by atoms with Gasteiger partial charge in [0.05, 0.1) is 0 Å². The van der Waals surface area contributed by atoms with Crippen molar-refractivity contribution in [3.63, 3.8) is 0 Å². The summed E-state index contributed by atoms with van der Waals surface area (Å²) in [5.41, 5.74) is 1.89. The molecule has 1 N–H and O–H groups in total. The second-order valence-electron chi connectivity index (χ2n) is 3.10. The summed E-state index contributed by atoms with van der Waals surface area (Å²) in [6, 6.07) is 5.67. The van der Waals surface area contributed by atoms with Gasteiger partial charge >= 0.3 is 0 Å². The van der Waals surface area contributed by atoms with Crippen molar-refractivity contribution < 1.29 is 0 Å². The average Bonchev–Trinajstić information content (AvgIpc) is 2.26. The zero-order valence-corrected chi connectivity index (χ0v) is 10.1. The molecule has 0 unspecified atom stereocenters. The molecule has 0 aliphatic rings. The van der Waals surface area contributed by atoms with Gasteiger partial charge in [0.15, 0.2) is 0 Å². The van der Waals surface area contributed by atoms with E-state index in [-0.39, 0.29) is 0 Å². The van der Waals surface area contributed by atoms with Crippen LogP contribution in [-0.4, -0.2) is 13.6 Å². The van der Waals surface area contributed by atoms with Crippen LogP contribution in [0.1, 0.15) is 17.5 Å². The second-order valence-corrected chi connectivity index (χ2v) is 3.77. The maximum Gasteiger partial charge on any atom is 0.0489 e. The molecule has 0 saturated carbocycles. The number of hydrogen-bond acceptors (Lipinski definition) is 1. The number of halogens is 2. The van der Waals surface area contributed by atoms with E-state index in [1.807, 2.05) is 25.2 Å². The topological polar surface area (TPSA) is 12.0 Å². The lowest BCUT2D eigenvalue weighted by Crippen LogP contribution is -2.05. The van der Waals surface area contributed by atoms with Gasteiger partial charge in [0.2, 0.25) is 0 Å². The standard InChI is InChI=1S/C12H13Cl2N/c1-15-7-3-2-4-10-5-6-12(14)11(8-10)9-13/h5-6,8,15H,3,7,9H2,1H3. The largest absolute Gasteiger partial charge is 0.319 e. The van der Waals surface area contributed by atoms with Crippen LogP contribution >= 0.6 is 23.2 Å². The van der Waals surface area contributed by atoms with Gasteiger partial charge in [-0.05, 0) is 30.8 Å². The van der Waals surface area contributed by atoms with Crippen LogP contribution in [0, 0.1) is 11.8 Å². The number of alkyl halides is 1. The first-order chi connectivity index (χ1) is 7.27. The van der Waals surface area contributed by atoms with Crippen molar-refractivity contribution in [1.82, 2.24) is 5.32 Å². The smallest absolute Gasteiger partial charge is 0.0489 e. The molecule has 1 rings (SSSR count). The Kier molecular flexibility index (Phi) is 5.57. The zero-order valence-electron chi connectivity index (χ0n) is 8.61. The molecule has 0 fully saturated rings.